The number of aromatic nitrogens is 1. The molecule has 94 valence electrons. The Hall–Kier alpha value is -1.91. The van der Waals surface area contributed by atoms with Gasteiger partial charge in [-0.3, -0.25) is 9.98 Å². The van der Waals surface area contributed by atoms with Crippen LogP contribution in [0.5, 0.6) is 0 Å². The van der Waals surface area contributed by atoms with E-state index in [1.165, 1.54) is 12.7 Å². The van der Waals surface area contributed by atoms with E-state index in [4.69, 9.17) is 4.74 Å². The van der Waals surface area contributed by atoms with E-state index in [2.05, 4.69) is 9.98 Å². The highest BCUT2D eigenvalue weighted by Gasteiger charge is 2.40. The van der Waals surface area contributed by atoms with E-state index in [0.717, 1.165) is 18.5 Å². The van der Waals surface area contributed by atoms with E-state index in [0.29, 0.717) is 13.1 Å². The number of ether oxygens (including phenoxy) is 1. The molecule has 0 aliphatic carbocycles. The molecule has 0 aromatic carbocycles. The zero-order chi connectivity index (χ0) is 12.6. The highest BCUT2D eigenvalue weighted by Crippen LogP contribution is 2.42. The maximum Gasteiger partial charge on any atom is 0.409 e. The van der Waals surface area contributed by atoms with Crippen molar-refractivity contribution in [2.24, 2.45) is 4.99 Å². The SMILES string of the molecule is COC(=O)N1CCC2(C=Nc3cnccc32)CC1. The molecule has 2 aliphatic rings. The molecule has 3 heterocycles. The van der Waals surface area contributed by atoms with Crippen molar-refractivity contribution >= 4 is 18.0 Å². The summed E-state index contributed by atoms with van der Waals surface area (Å²) in [5.74, 6) is 0. The Balaban J connectivity index is 1.81. The Morgan fingerprint density at radius 2 is 2.22 bits per heavy atom. The first kappa shape index (κ1) is 11.2. The van der Waals surface area contributed by atoms with Gasteiger partial charge in [-0.05, 0) is 24.5 Å². The van der Waals surface area contributed by atoms with Crippen LogP contribution in [0, 0.1) is 0 Å². The first-order valence-electron chi connectivity index (χ1n) is 6.08. The number of hydrogen-bond donors (Lipinski definition) is 0. The maximum atomic E-state index is 11.5. The Bertz CT molecular complexity index is 505. The molecule has 5 heteroatoms. The number of rotatable bonds is 0. The minimum Gasteiger partial charge on any atom is -0.453 e. The smallest absolute Gasteiger partial charge is 0.409 e. The molecule has 0 unspecified atom stereocenters. The summed E-state index contributed by atoms with van der Waals surface area (Å²) in [5, 5.41) is 0. The molecule has 0 radical (unpaired) electrons. The fraction of sp³-hybridized carbons (Fsp3) is 0.462. The topological polar surface area (TPSA) is 54.8 Å². The third-order valence-corrected chi connectivity index (χ3v) is 3.88. The average Bonchev–Trinajstić information content (AvgIpc) is 2.78. The van der Waals surface area contributed by atoms with Gasteiger partial charge in [0.2, 0.25) is 0 Å². The summed E-state index contributed by atoms with van der Waals surface area (Å²) in [6, 6.07) is 2.04. The Labute approximate surface area is 105 Å². The van der Waals surface area contributed by atoms with Crippen molar-refractivity contribution in [2.75, 3.05) is 20.2 Å². The minimum atomic E-state index is -0.241. The number of aliphatic imine (C=N–C) groups is 1. The lowest BCUT2D eigenvalue weighted by Crippen LogP contribution is -2.45. The normalized spacial score (nSPS) is 19.9. The van der Waals surface area contributed by atoms with Crippen LogP contribution >= 0.6 is 0 Å². The van der Waals surface area contributed by atoms with Gasteiger partial charge in [0.15, 0.2) is 0 Å². The highest BCUT2D eigenvalue weighted by molar-refractivity contribution is 5.85. The zero-order valence-electron chi connectivity index (χ0n) is 10.3. The molecular weight excluding hydrogens is 230 g/mol. The van der Waals surface area contributed by atoms with Gasteiger partial charge in [-0.1, -0.05) is 0 Å². The van der Waals surface area contributed by atoms with Gasteiger partial charge < -0.3 is 9.64 Å². The van der Waals surface area contributed by atoms with Gasteiger partial charge in [-0.2, -0.15) is 0 Å². The molecule has 0 N–H and O–H groups in total. The number of fused-ring (bicyclic) bond motifs is 2. The summed E-state index contributed by atoms with van der Waals surface area (Å²) in [6.07, 6.45) is 7.17. The summed E-state index contributed by atoms with van der Waals surface area (Å²) in [4.78, 5) is 21.8. The van der Waals surface area contributed by atoms with Crippen LogP contribution in [0.2, 0.25) is 0 Å². The number of pyridine rings is 1. The lowest BCUT2D eigenvalue weighted by molar-refractivity contribution is 0.108. The third kappa shape index (κ3) is 1.58. The largest absolute Gasteiger partial charge is 0.453 e. The Kier molecular flexibility index (Phi) is 2.54. The van der Waals surface area contributed by atoms with Crippen LogP contribution in [0.15, 0.2) is 23.5 Å². The molecule has 1 fully saturated rings. The predicted molar refractivity (Wildman–Crippen MR) is 67.3 cm³/mol. The molecular formula is C13H15N3O2. The lowest BCUT2D eigenvalue weighted by atomic mass is 9.75. The minimum absolute atomic E-state index is 0.0111. The van der Waals surface area contributed by atoms with Gasteiger partial charge in [0.1, 0.15) is 0 Å². The van der Waals surface area contributed by atoms with Gasteiger partial charge >= 0.3 is 6.09 Å². The Morgan fingerprint density at radius 1 is 1.44 bits per heavy atom. The number of amides is 1. The molecule has 1 spiro atoms. The van der Waals surface area contributed by atoms with Crippen LogP contribution in [0.3, 0.4) is 0 Å². The van der Waals surface area contributed by atoms with Crippen molar-refractivity contribution in [2.45, 2.75) is 18.3 Å². The van der Waals surface area contributed by atoms with Crippen molar-refractivity contribution in [1.29, 1.82) is 0 Å². The fourth-order valence-electron chi connectivity index (χ4n) is 2.79. The maximum absolute atomic E-state index is 11.5. The molecule has 1 saturated heterocycles. The van der Waals surface area contributed by atoms with E-state index in [-0.39, 0.29) is 11.5 Å². The first-order chi connectivity index (χ1) is 8.75. The van der Waals surface area contributed by atoms with Crippen molar-refractivity contribution in [3.63, 3.8) is 0 Å². The molecule has 18 heavy (non-hydrogen) atoms. The second-order valence-electron chi connectivity index (χ2n) is 4.76. The van der Waals surface area contributed by atoms with Crippen molar-refractivity contribution < 1.29 is 9.53 Å². The number of nitrogens with zero attached hydrogens (tertiary/aromatic N) is 3. The number of methoxy groups -OCH3 is 1. The number of hydrogen-bond acceptors (Lipinski definition) is 4. The number of likely N-dealkylation sites (tertiary alicyclic amines) is 1. The molecule has 1 aromatic heterocycles. The van der Waals surface area contributed by atoms with Crippen LogP contribution < -0.4 is 0 Å². The van der Waals surface area contributed by atoms with Gasteiger partial charge in [0.25, 0.3) is 0 Å². The standard InChI is InChI=1S/C13H15N3O2/c1-18-12(17)16-6-3-13(4-7-16)9-15-11-8-14-5-2-10(11)13/h2,5,8-9H,3-4,6-7H2,1H3. The van der Waals surface area contributed by atoms with Crippen LogP contribution in [-0.2, 0) is 10.2 Å². The van der Waals surface area contributed by atoms with Gasteiger partial charge in [0, 0.05) is 30.9 Å². The molecule has 0 bridgehead atoms. The van der Waals surface area contributed by atoms with Crippen molar-refractivity contribution in [3.05, 3.63) is 24.0 Å². The Morgan fingerprint density at radius 3 is 2.94 bits per heavy atom. The summed E-state index contributed by atoms with van der Waals surface area (Å²) in [7, 11) is 1.42. The molecule has 1 aromatic rings. The summed E-state index contributed by atoms with van der Waals surface area (Å²) in [5.41, 5.74) is 2.19. The number of carbonyl (C=O) groups is 1. The molecule has 2 aliphatic heterocycles. The average molecular weight is 245 g/mol. The van der Waals surface area contributed by atoms with Crippen LogP contribution in [0.4, 0.5) is 10.5 Å². The second kappa shape index (κ2) is 4.08. The quantitative estimate of drug-likeness (QED) is 0.701. The zero-order valence-corrected chi connectivity index (χ0v) is 10.3. The van der Waals surface area contributed by atoms with E-state index >= 15 is 0 Å². The van der Waals surface area contributed by atoms with E-state index < -0.39 is 0 Å². The van der Waals surface area contributed by atoms with Crippen molar-refractivity contribution in [1.82, 2.24) is 9.88 Å². The molecule has 3 rings (SSSR count). The molecule has 5 nitrogen and oxygen atoms in total. The summed E-state index contributed by atoms with van der Waals surface area (Å²) >= 11 is 0. The monoisotopic (exact) mass is 245 g/mol. The van der Waals surface area contributed by atoms with Gasteiger partial charge in [-0.25, -0.2) is 4.79 Å². The first-order valence-corrected chi connectivity index (χ1v) is 6.08. The number of piperidine rings is 1. The fourth-order valence-corrected chi connectivity index (χ4v) is 2.79. The van der Waals surface area contributed by atoms with Crippen LogP contribution in [0.25, 0.3) is 0 Å². The molecule has 0 saturated carbocycles. The van der Waals surface area contributed by atoms with E-state index in [1.54, 1.807) is 11.1 Å². The van der Waals surface area contributed by atoms with Crippen molar-refractivity contribution in [3.8, 4) is 0 Å². The second-order valence-corrected chi connectivity index (χ2v) is 4.76. The third-order valence-electron chi connectivity index (χ3n) is 3.88. The van der Waals surface area contributed by atoms with E-state index in [9.17, 15) is 4.79 Å². The van der Waals surface area contributed by atoms with Gasteiger partial charge in [0.05, 0.1) is 19.0 Å². The van der Waals surface area contributed by atoms with Crippen LogP contribution in [-0.4, -0.2) is 42.4 Å². The summed E-state index contributed by atoms with van der Waals surface area (Å²) < 4.78 is 4.75. The molecule has 0 atom stereocenters. The summed E-state index contributed by atoms with van der Waals surface area (Å²) in [6.45, 7) is 1.42. The van der Waals surface area contributed by atoms with Gasteiger partial charge in [-0.15, -0.1) is 0 Å². The van der Waals surface area contributed by atoms with E-state index in [1.807, 2.05) is 18.5 Å². The predicted octanol–water partition coefficient (Wildman–Crippen LogP) is 1.90. The lowest BCUT2D eigenvalue weighted by Gasteiger charge is -2.37. The highest BCUT2D eigenvalue weighted by atomic mass is 16.5. The number of carbonyl (C=O) groups excluding carboxylic acids is 1. The van der Waals surface area contributed by atoms with Crippen LogP contribution in [0.1, 0.15) is 18.4 Å². The molecule has 1 amide bonds.